The van der Waals surface area contributed by atoms with Gasteiger partial charge in [-0.1, -0.05) is 12.1 Å². The third-order valence-electron chi connectivity index (χ3n) is 2.63. The molecule has 1 unspecified atom stereocenters. The summed E-state index contributed by atoms with van der Waals surface area (Å²) in [6, 6.07) is 7.16. The highest BCUT2D eigenvalue weighted by molar-refractivity contribution is 5.79. The molecule has 17 heavy (non-hydrogen) atoms. The van der Waals surface area contributed by atoms with Crippen LogP contribution in [0.25, 0.3) is 0 Å². The fourth-order valence-corrected chi connectivity index (χ4v) is 1.41. The Labute approximate surface area is 101 Å². The van der Waals surface area contributed by atoms with Crippen LogP contribution in [0.4, 0.5) is 0 Å². The summed E-state index contributed by atoms with van der Waals surface area (Å²) in [4.78, 5) is 10.8. The molecule has 5 heteroatoms. The zero-order valence-electron chi connectivity index (χ0n) is 10.1. The van der Waals surface area contributed by atoms with Crippen molar-refractivity contribution in [3.05, 3.63) is 29.8 Å². The predicted octanol–water partition coefficient (Wildman–Crippen LogP) is 0.158. The Morgan fingerprint density at radius 2 is 2.00 bits per heavy atom. The first-order valence-corrected chi connectivity index (χ1v) is 5.47. The molecule has 2 atom stereocenters. The van der Waals surface area contributed by atoms with Crippen LogP contribution in [-0.4, -0.2) is 25.6 Å². The summed E-state index contributed by atoms with van der Waals surface area (Å²) in [6.07, 6.45) is 0. The molecule has 5 N–H and O–H groups in total. The van der Waals surface area contributed by atoms with Crippen molar-refractivity contribution in [1.29, 1.82) is 0 Å². The molecule has 0 aromatic heterocycles. The second-order valence-corrected chi connectivity index (χ2v) is 3.91. The first-order valence-electron chi connectivity index (χ1n) is 5.47. The van der Waals surface area contributed by atoms with Gasteiger partial charge in [0, 0.05) is 12.6 Å². The van der Waals surface area contributed by atoms with Gasteiger partial charge in [0.25, 0.3) is 0 Å². The molecule has 0 bridgehead atoms. The smallest absolute Gasteiger partial charge is 0.235 e. The van der Waals surface area contributed by atoms with Crippen molar-refractivity contribution in [2.24, 2.45) is 11.5 Å². The van der Waals surface area contributed by atoms with Gasteiger partial charge in [0.2, 0.25) is 5.91 Å². The van der Waals surface area contributed by atoms with Crippen LogP contribution in [0.5, 0.6) is 5.75 Å². The van der Waals surface area contributed by atoms with Crippen LogP contribution in [0.1, 0.15) is 18.5 Å². The molecule has 0 saturated carbocycles. The maximum absolute atomic E-state index is 10.8. The highest BCUT2D eigenvalue weighted by Crippen LogP contribution is 2.16. The van der Waals surface area contributed by atoms with Crippen LogP contribution in [0.3, 0.4) is 0 Å². The van der Waals surface area contributed by atoms with Crippen molar-refractivity contribution in [2.75, 3.05) is 13.7 Å². The lowest BCUT2D eigenvalue weighted by molar-refractivity contribution is -0.119. The summed E-state index contributed by atoms with van der Waals surface area (Å²) in [5.74, 6) is 0.314. The van der Waals surface area contributed by atoms with Crippen LogP contribution in [0, 0.1) is 0 Å². The number of nitrogens with two attached hydrogens (primary N) is 2. The fourth-order valence-electron chi connectivity index (χ4n) is 1.41. The van der Waals surface area contributed by atoms with E-state index < -0.39 is 11.9 Å². The van der Waals surface area contributed by atoms with E-state index in [1.54, 1.807) is 7.11 Å². The van der Waals surface area contributed by atoms with Gasteiger partial charge in [-0.15, -0.1) is 0 Å². The van der Waals surface area contributed by atoms with Crippen molar-refractivity contribution in [3.63, 3.8) is 0 Å². The molecule has 94 valence electrons. The summed E-state index contributed by atoms with van der Waals surface area (Å²) in [5, 5.41) is 3.15. The van der Waals surface area contributed by atoms with E-state index in [9.17, 15) is 4.79 Å². The topological polar surface area (TPSA) is 90.4 Å². The number of rotatable bonds is 6. The van der Waals surface area contributed by atoms with Crippen molar-refractivity contribution in [3.8, 4) is 5.75 Å². The third-order valence-corrected chi connectivity index (χ3v) is 2.63. The molecule has 1 aromatic rings. The summed E-state index contributed by atoms with van der Waals surface area (Å²) in [7, 11) is 1.63. The van der Waals surface area contributed by atoms with Gasteiger partial charge >= 0.3 is 0 Å². The van der Waals surface area contributed by atoms with Crippen LogP contribution < -0.4 is 21.5 Å². The predicted molar refractivity (Wildman–Crippen MR) is 66.6 cm³/mol. The number of ether oxygens (including phenoxy) is 1. The lowest BCUT2D eigenvalue weighted by Crippen LogP contribution is -2.44. The summed E-state index contributed by atoms with van der Waals surface area (Å²) in [5.41, 5.74) is 11.7. The normalized spacial score (nSPS) is 14.1. The number of carbonyl (C=O) groups is 1. The van der Waals surface area contributed by atoms with Crippen molar-refractivity contribution in [1.82, 2.24) is 5.32 Å². The van der Waals surface area contributed by atoms with Gasteiger partial charge in [-0.25, -0.2) is 0 Å². The van der Waals surface area contributed by atoms with Crippen LogP contribution >= 0.6 is 0 Å². The van der Waals surface area contributed by atoms with E-state index in [0.29, 0.717) is 6.54 Å². The largest absolute Gasteiger partial charge is 0.497 e. The molecule has 0 aliphatic heterocycles. The van der Waals surface area contributed by atoms with E-state index in [0.717, 1.165) is 11.3 Å². The Balaban J connectivity index is 2.51. The number of benzene rings is 1. The Morgan fingerprint density at radius 1 is 1.41 bits per heavy atom. The molecule has 0 spiro atoms. The fraction of sp³-hybridized carbons (Fsp3) is 0.417. The average molecular weight is 237 g/mol. The maximum atomic E-state index is 10.8. The van der Waals surface area contributed by atoms with E-state index in [1.807, 2.05) is 31.2 Å². The summed E-state index contributed by atoms with van der Waals surface area (Å²) in [6.45, 7) is 2.36. The van der Waals surface area contributed by atoms with Crippen molar-refractivity contribution < 1.29 is 9.53 Å². The molecule has 0 saturated heterocycles. The zero-order valence-corrected chi connectivity index (χ0v) is 10.1. The first-order chi connectivity index (χ1) is 8.04. The minimum Gasteiger partial charge on any atom is -0.497 e. The van der Waals surface area contributed by atoms with Crippen molar-refractivity contribution >= 4 is 5.91 Å². The second kappa shape index (κ2) is 6.22. The first kappa shape index (κ1) is 13.5. The molecule has 1 rings (SSSR count). The second-order valence-electron chi connectivity index (χ2n) is 3.91. The van der Waals surface area contributed by atoms with Crippen LogP contribution in [-0.2, 0) is 4.79 Å². The van der Waals surface area contributed by atoms with E-state index in [2.05, 4.69) is 5.32 Å². The van der Waals surface area contributed by atoms with Crippen LogP contribution in [0.2, 0.25) is 0 Å². The lowest BCUT2D eigenvalue weighted by Gasteiger charge is -2.16. The number of amides is 1. The van der Waals surface area contributed by atoms with Gasteiger partial charge in [0.15, 0.2) is 0 Å². The van der Waals surface area contributed by atoms with Crippen molar-refractivity contribution in [2.45, 2.75) is 19.0 Å². The molecular formula is C12H19N3O2. The summed E-state index contributed by atoms with van der Waals surface area (Å²) < 4.78 is 5.08. The highest BCUT2D eigenvalue weighted by Gasteiger charge is 2.11. The number of primary amides is 1. The Hall–Kier alpha value is -1.59. The number of carbonyl (C=O) groups excluding carboxylic acids is 1. The number of hydrogen-bond donors (Lipinski definition) is 3. The molecule has 0 heterocycles. The molecule has 1 amide bonds. The monoisotopic (exact) mass is 237 g/mol. The maximum Gasteiger partial charge on any atom is 0.235 e. The molecule has 5 nitrogen and oxygen atoms in total. The number of methoxy groups -OCH3 is 1. The standard InChI is InChI=1S/C12H19N3O2/c1-8(15-7-11(13)12(14)16)9-3-5-10(17-2)6-4-9/h3-6,8,11,15H,7,13H2,1-2H3,(H2,14,16)/t8-,11?/m1/s1. The van der Waals surface area contributed by atoms with Gasteiger partial charge in [0.1, 0.15) is 5.75 Å². The Kier molecular flexibility index (Phi) is 4.93. The molecule has 0 fully saturated rings. The van der Waals surface area contributed by atoms with Gasteiger partial charge in [-0.2, -0.15) is 0 Å². The Morgan fingerprint density at radius 3 is 2.47 bits per heavy atom. The van der Waals surface area contributed by atoms with Gasteiger partial charge in [-0.05, 0) is 24.6 Å². The lowest BCUT2D eigenvalue weighted by atomic mass is 10.1. The Bertz CT molecular complexity index is 365. The van der Waals surface area contributed by atoms with Gasteiger partial charge in [0.05, 0.1) is 13.2 Å². The van der Waals surface area contributed by atoms with E-state index >= 15 is 0 Å². The molecule has 1 aromatic carbocycles. The minimum atomic E-state index is -0.657. The van der Waals surface area contributed by atoms with E-state index in [1.165, 1.54) is 0 Å². The summed E-state index contributed by atoms with van der Waals surface area (Å²) >= 11 is 0. The quantitative estimate of drug-likeness (QED) is 0.657. The minimum absolute atomic E-state index is 0.103. The highest BCUT2D eigenvalue weighted by atomic mass is 16.5. The van der Waals surface area contributed by atoms with E-state index in [4.69, 9.17) is 16.2 Å². The molecule has 0 aliphatic carbocycles. The third kappa shape index (κ3) is 4.05. The van der Waals surface area contributed by atoms with Crippen LogP contribution in [0.15, 0.2) is 24.3 Å². The zero-order chi connectivity index (χ0) is 12.8. The molecular weight excluding hydrogens is 218 g/mol. The molecule has 0 radical (unpaired) electrons. The van der Waals surface area contributed by atoms with Gasteiger partial charge < -0.3 is 21.5 Å². The average Bonchev–Trinajstić information content (AvgIpc) is 2.35. The number of nitrogens with one attached hydrogen (secondary N) is 1. The number of hydrogen-bond acceptors (Lipinski definition) is 4. The van der Waals surface area contributed by atoms with E-state index in [-0.39, 0.29) is 6.04 Å². The SMILES string of the molecule is COc1ccc([C@@H](C)NCC(N)C(N)=O)cc1. The van der Waals surface area contributed by atoms with Gasteiger partial charge in [-0.3, -0.25) is 4.79 Å². The molecule has 0 aliphatic rings.